The largest absolute Gasteiger partial charge is 0.489 e. The summed E-state index contributed by atoms with van der Waals surface area (Å²) in [5.41, 5.74) is 5.46. The van der Waals surface area contributed by atoms with Crippen LogP contribution in [0.4, 0.5) is 4.39 Å². The van der Waals surface area contributed by atoms with Gasteiger partial charge in [0.1, 0.15) is 17.7 Å². The van der Waals surface area contributed by atoms with E-state index in [1.165, 1.54) is 12.1 Å². The van der Waals surface area contributed by atoms with Gasteiger partial charge in [-0.3, -0.25) is 0 Å². The number of benzene rings is 1. The van der Waals surface area contributed by atoms with Crippen molar-refractivity contribution in [3.8, 4) is 5.75 Å². The molecule has 0 aliphatic heterocycles. The van der Waals surface area contributed by atoms with Crippen LogP contribution in [0.2, 0.25) is 0 Å². The third-order valence-corrected chi connectivity index (χ3v) is 2.86. The predicted molar refractivity (Wildman–Crippen MR) is 70.2 cm³/mol. The smallest absolute Gasteiger partial charge is 0.134 e. The molecule has 2 nitrogen and oxygen atoms in total. The number of halogens is 2. The lowest BCUT2D eigenvalue weighted by Gasteiger charge is -2.17. The number of thiocarbonyl (C=S) groups is 1. The molecule has 1 unspecified atom stereocenters. The summed E-state index contributed by atoms with van der Waals surface area (Å²) in [5, 5.41) is 0. The molecule has 0 saturated carbocycles. The Bertz CT molecular complexity index is 386. The van der Waals surface area contributed by atoms with Crippen molar-refractivity contribution in [1.82, 2.24) is 0 Å². The summed E-state index contributed by atoms with van der Waals surface area (Å²) in [7, 11) is 0. The van der Waals surface area contributed by atoms with Crippen molar-refractivity contribution in [2.75, 3.05) is 0 Å². The summed E-state index contributed by atoms with van der Waals surface area (Å²) >= 11 is 8.08. The predicted octanol–water partition coefficient (Wildman–Crippen LogP) is 3.42. The van der Waals surface area contributed by atoms with Crippen LogP contribution in [0.25, 0.3) is 0 Å². The first-order valence-corrected chi connectivity index (χ1v) is 6.13. The Morgan fingerprint density at radius 1 is 1.62 bits per heavy atom. The van der Waals surface area contributed by atoms with Gasteiger partial charge in [0, 0.05) is 6.42 Å². The van der Waals surface area contributed by atoms with Gasteiger partial charge in [0.25, 0.3) is 0 Å². The third-order valence-electron chi connectivity index (χ3n) is 2.07. The minimum Gasteiger partial charge on any atom is -0.489 e. The summed E-state index contributed by atoms with van der Waals surface area (Å²) < 4.78 is 19.1. The number of nitrogens with two attached hydrogens (primary N) is 1. The lowest BCUT2D eigenvalue weighted by atomic mass is 10.2. The molecule has 0 aliphatic rings. The molecule has 0 aromatic heterocycles. The second-order valence-electron chi connectivity index (χ2n) is 3.39. The van der Waals surface area contributed by atoms with E-state index in [1.807, 2.05) is 6.92 Å². The zero-order valence-electron chi connectivity index (χ0n) is 8.87. The van der Waals surface area contributed by atoms with Crippen LogP contribution in [0, 0.1) is 5.82 Å². The highest BCUT2D eigenvalue weighted by Crippen LogP contribution is 2.27. The van der Waals surface area contributed by atoms with Crippen molar-refractivity contribution in [1.29, 1.82) is 0 Å². The Morgan fingerprint density at radius 3 is 2.81 bits per heavy atom. The van der Waals surface area contributed by atoms with Crippen molar-refractivity contribution < 1.29 is 9.13 Å². The van der Waals surface area contributed by atoms with Crippen molar-refractivity contribution in [3.63, 3.8) is 0 Å². The zero-order valence-corrected chi connectivity index (χ0v) is 11.3. The first-order valence-electron chi connectivity index (χ1n) is 4.93. The summed E-state index contributed by atoms with van der Waals surface area (Å²) in [6.07, 6.45) is 1.25. The average Bonchev–Trinajstić information content (AvgIpc) is 2.20. The Kier molecular flexibility index (Phi) is 5.15. The first kappa shape index (κ1) is 13.4. The maximum atomic E-state index is 12.9. The Balaban J connectivity index is 2.73. The fourth-order valence-electron chi connectivity index (χ4n) is 1.24. The Hall–Kier alpha value is -0.680. The van der Waals surface area contributed by atoms with Crippen molar-refractivity contribution >= 4 is 33.1 Å². The van der Waals surface area contributed by atoms with Crippen LogP contribution in [0.15, 0.2) is 22.7 Å². The molecular formula is C11H13BrFNOS. The molecule has 0 saturated heterocycles. The molecule has 0 aliphatic carbocycles. The summed E-state index contributed by atoms with van der Waals surface area (Å²) in [6, 6.07) is 4.30. The molecule has 1 aromatic carbocycles. The molecule has 2 N–H and O–H groups in total. The Morgan fingerprint density at radius 2 is 2.31 bits per heavy atom. The Labute approximate surface area is 108 Å². The van der Waals surface area contributed by atoms with Gasteiger partial charge in [-0.15, -0.1) is 0 Å². The highest BCUT2D eigenvalue weighted by Gasteiger charge is 2.11. The number of hydrogen-bond acceptors (Lipinski definition) is 2. The van der Waals surface area contributed by atoms with Crippen LogP contribution in [0.3, 0.4) is 0 Å². The second kappa shape index (κ2) is 6.15. The summed E-state index contributed by atoms with van der Waals surface area (Å²) in [6.45, 7) is 1.99. The van der Waals surface area contributed by atoms with Gasteiger partial charge < -0.3 is 10.5 Å². The molecular weight excluding hydrogens is 293 g/mol. The minimum atomic E-state index is -0.304. The molecule has 1 atom stereocenters. The van der Waals surface area contributed by atoms with Gasteiger partial charge in [0.15, 0.2) is 0 Å². The van der Waals surface area contributed by atoms with Crippen molar-refractivity contribution in [2.24, 2.45) is 5.73 Å². The van der Waals surface area contributed by atoms with Gasteiger partial charge in [-0.25, -0.2) is 4.39 Å². The number of ether oxygens (including phenoxy) is 1. The van der Waals surface area contributed by atoms with E-state index >= 15 is 0 Å². The molecule has 0 radical (unpaired) electrons. The fraction of sp³-hybridized carbons (Fsp3) is 0.364. The minimum absolute atomic E-state index is 0.0701. The van der Waals surface area contributed by atoms with Crippen LogP contribution in [-0.2, 0) is 0 Å². The van der Waals surface area contributed by atoms with Gasteiger partial charge in [-0.05, 0) is 40.5 Å². The lowest BCUT2D eigenvalue weighted by Crippen LogP contribution is -2.23. The van der Waals surface area contributed by atoms with Gasteiger partial charge in [0.2, 0.25) is 0 Å². The van der Waals surface area contributed by atoms with Crippen LogP contribution < -0.4 is 10.5 Å². The average molecular weight is 306 g/mol. The first-order chi connectivity index (χ1) is 7.52. The van der Waals surface area contributed by atoms with Crippen LogP contribution in [0.1, 0.15) is 19.8 Å². The summed E-state index contributed by atoms with van der Waals surface area (Å²) in [5.74, 6) is 0.297. The summed E-state index contributed by atoms with van der Waals surface area (Å²) in [4.78, 5) is 0.421. The molecule has 1 aromatic rings. The SMILES string of the molecule is CCC(CC(N)=S)Oc1ccc(F)cc1Br. The third kappa shape index (κ3) is 4.06. The molecule has 0 fully saturated rings. The molecule has 0 bridgehead atoms. The van der Waals surface area contributed by atoms with E-state index in [-0.39, 0.29) is 11.9 Å². The maximum Gasteiger partial charge on any atom is 0.134 e. The van der Waals surface area contributed by atoms with Crippen LogP contribution >= 0.6 is 28.1 Å². The second-order valence-corrected chi connectivity index (χ2v) is 4.77. The topological polar surface area (TPSA) is 35.2 Å². The molecule has 0 amide bonds. The van der Waals surface area contributed by atoms with Gasteiger partial charge in [-0.2, -0.15) is 0 Å². The van der Waals surface area contributed by atoms with E-state index in [2.05, 4.69) is 15.9 Å². The quantitative estimate of drug-likeness (QED) is 0.847. The lowest BCUT2D eigenvalue weighted by molar-refractivity contribution is 0.204. The molecule has 0 spiro atoms. The van der Waals surface area contributed by atoms with Crippen LogP contribution in [-0.4, -0.2) is 11.1 Å². The number of rotatable bonds is 5. The highest BCUT2D eigenvalue weighted by atomic mass is 79.9. The van der Waals surface area contributed by atoms with Crippen molar-refractivity contribution in [3.05, 3.63) is 28.5 Å². The maximum absolute atomic E-state index is 12.9. The van der Waals surface area contributed by atoms with E-state index in [4.69, 9.17) is 22.7 Å². The molecule has 0 heterocycles. The molecule has 1 rings (SSSR count). The standard InChI is InChI=1S/C11H13BrFNOS/c1-2-8(6-11(14)16)15-10-4-3-7(13)5-9(10)12/h3-5,8H,2,6H2,1H3,(H2,14,16). The normalized spacial score (nSPS) is 12.2. The highest BCUT2D eigenvalue weighted by molar-refractivity contribution is 9.10. The molecule has 88 valence electrons. The number of hydrogen-bond donors (Lipinski definition) is 1. The molecule has 16 heavy (non-hydrogen) atoms. The molecule has 5 heteroatoms. The fourth-order valence-corrected chi connectivity index (χ4v) is 1.87. The van der Waals surface area contributed by atoms with E-state index < -0.39 is 0 Å². The van der Waals surface area contributed by atoms with Gasteiger partial charge >= 0.3 is 0 Å². The van der Waals surface area contributed by atoms with Crippen LogP contribution in [0.5, 0.6) is 5.75 Å². The van der Waals surface area contributed by atoms with Gasteiger partial charge in [0.05, 0.1) is 9.46 Å². The van der Waals surface area contributed by atoms with Crippen molar-refractivity contribution in [2.45, 2.75) is 25.9 Å². The van der Waals surface area contributed by atoms with E-state index in [0.717, 1.165) is 6.42 Å². The zero-order chi connectivity index (χ0) is 12.1. The van der Waals surface area contributed by atoms with E-state index in [0.29, 0.717) is 21.6 Å². The monoisotopic (exact) mass is 305 g/mol. The van der Waals surface area contributed by atoms with E-state index in [1.54, 1.807) is 6.07 Å². The van der Waals surface area contributed by atoms with Gasteiger partial charge in [-0.1, -0.05) is 19.1 Å². The van der Waals surface area contributed by atoms with E-state index in [9.17, 15) is 4.39 Å².